The fourth-order valence-electron chi connectivity index (χ4n) is 4.55. The van der Waals surface area contributed by atoms with Crippen LogP contribution in [0.25, 0.3) is 0 Å². The van der Waals surface area contributed by atoms with Crippen LogP contribution in [0.15, 0.2) is 12.1 Å². The standard InChI is InChI=1S/C16H16F2N2O3S/c1-7-14-16(7)12(6-24-16)20(14)13-10(17)2-8(3-11(13)18)19-4-9(5-21)23-15(19)22/h2-3,7,9,12,14,21H,4-6H2,1H3. The molecule has 3 heterocycles. The molecule has 128 valence electrons. The van der Waals surface area contributed by atoms with Gasteiger partial charge in [-0.3, -0.25) is 4.90 Å². The van der Waals surface area contributed by atoms with Crippen molar-refractivity contribution in [2.45, 2.75) is 29.9 Å². The van der Waals surface area contributed by atoms with E-state index in [1.54, 1.807) is 0 Å². The van der Waals surface area contributed by atoms with Crippen molar-refractivity contribution >= 4 is 29.2 Å². The Balaban J connectivity index is 1.46. The van der Waals surface area contributed by atoms with E-state index < -0.39 is 23.8 Å². The largest absolute Gasteiger partial charge is 0.441 e. The molecule has 5 atom stereocenters. The maximum absolute atomic E-state index is 14.7. The number of cyclic esters (lactones) is 1. The highest BCUT2D eigenvalue weighted by atomic mass is 32.2. The van der Waals surface area contributed by atoms with Crippen LogP contribution in [0.5, 0.6) is 0 Å². The van der Waals surface area contributed by atoms with Crippen LogP contribution in [0.2, 0.25) is 0 Å². The quantitative estimate of drug-likeness (QED) is 0.900. The zero-order chi connectivity index (χ0) is 16.8. The van der Waals surface area contributed by atoms with Crippen molar-refractivity contribution in [3.63, 3.8) is 0 Å². The molecule has 0 bridgehead atoms. The first-order valence-corrected chi connectivity index (χ1v) is 8.98. The first-order valence-electron chi connectivity index (χ1n) is 7.99. The number of halogens is 2. The van der Waals surface area contributed by atoms with Crippen LogP contribution >= 0.6 is 11.8 Å². The molecule has 3 aliphatic heterocycles. The highest BCUT2D eigenvalue weighted by Crippen LogP contribution is 2.75. The topological polar surface area (TPSA) is 53.0 Å². The second kappa shape index (κ2) is 4.54. The van der Waals surface area contributed by atoms with E-state index in [2.05, 4.69) is 6.92 Å². The highest BCUT2D eigenvalue weighted by molar-refractivity contribution is 8.02. The Bertz CT molecular complexity index is 732. The summed E-state index contributed by atoms with van der Waals surface area (Å²) in [5.41, 5.74) is 0.133. The van der Waals surface area contributed by atoms with E-state index in [9.17, 15) is 13.6 Å². The number of ether oxygens (including phenoxy) is 1. The minimum Gasteiger partial charge on any atom is -0.441 e. The molecule has 5 rings (SSSR count). The van der Waals surface area contributed by atoms with E-state index in [1.165, 1.54) is 12.1 Å². The lowest BCUT2D eigenvalue weighted by molar-refractivity contribution is 0.0963. The number of aliphatic hydroxyl groups excluding tert-OH is 1. The molecule has 4 fully saturated rings. The van der Waals surface area contributed by atoms with Crippen molar-refractivity contribution < 1.29 is 23.4 Å². The molecule has 1 aromatic rings. The number of amides is 1. The van der Waals surface area contributed by atoms with E-state index >= 15 is 0 Å². The van der Waals surface area contributed by atoms with Crippen LogP contribution in [0, 0.1) is 17.6 Å². The molecule has 1 amide bonds. The van der Waals surface area contributed by atoms with Gasteiger partial charge in [0.05, 0.1) is 35.7 Å². The fraction of sp³-hybridized carbons (Fsp3) is 0.562. The normalized spacial score (nSPS) is 38.9. The Morgan fingerprint density at radius 2 is 2.12 bits per heavy atom. The lowest BCUT2D eigenvalue weighted by atomic mass is 10.00. The number of anilines is 2. The molecule has 24 heavy (non-hydrogen) atoms. The lowest BCUT2D eigenvalue weighted by Gasteiger charge is -2.55. The molecule has 0 aromatic heterocycles. The monoisotopic (exact) mass is 354 g/mol. The number of benzene rings is 1. The molecule has 8 heteroatoms. The van der Waals surface area contributed by atoms with Crippen molar-refractivity contribution in [1.82, 2.24) is 0 Å². The van der Waals surface area contributed by atoms with E-state index in [0.717, 1.165) is 10.7 Å². The number of carbonyl (C=O) groups is 1. The van der Waals surface area contributed by atoms with Gasteiger partial charge >= 0.3 is 6.09 Å². The maximum Gasteiger partial charge on any atom is 0.414 e. The summed E-state index contributed by atoms with van der Waals surface area (Å²) in [5.74, 6) is 0.0428. The minimum absolute atomic E-state index is 0.0142. The van der Waals surface area contributed by atoms with Crippen molar-refractivity contribution in [3.05, 3.63) is 23.8 Å². The van der Waals surface area contributed by atoms with Gasteiger partial charge in [-0.15, -0.1) is 11.8 Å². The predicted molar refractivity (Wildman–Crippen MR) is 85.5 cm³/mol. The predicted octanol–water partition coefficient (Wildman–Crippen LogP) is 1.97. The summed E-state index contributed by atoms with van der Waals surface area (Å²) in [7, 11) is 0. The third-order valence-electron chi connectivity index (χ3n) is 5.84. The fourth-order valence-corrected chi connectivity index (χ4v) is 6.33. The molecule has 5 nitrogen and oxygen atoms in total. The summed E-state index contributed by atoms with van der Waals surface area (Å²) < 4.78 is 34.5. The molecular weight excluding hydrogens is 338 g/mol. The second-order valence-electron chi connectivity index (χ2n) is 6.88. The third-order valence-corrected chi connectivity index (χ3v) is 7.70. The molecule has 1 saturated carbocycles. The van der Waals surface area contributed by atoms with Gasteiger partial charge in [-0.05, 0) is 5.92 Å². The van der Waals surface area contributed by atoms with Gasteiger partial charge in [0.2, 0.25) is 0 Å². The van der Waals surface area contributed by atoms with Gasteiger partial charge in [0.1, 0.15) is 11.8 Å². The molecule has 1 N–H and O–H groups in total. The summed E-state index contributed by atoms with van der Waals surface area (Å²) >= 11 is 1.90. The molecule has 5 unspecified atom stereocenters. The van der Waals surface area contributed by atoms with Crippen molar-refractivity contribution in [2.75, 3.05) is 28.7 Å². The van der Waals surface area contributed by atoms with Gasteiger partial charge in [0.25, 0.3) is 0 Å². The Morgan fingerprint density at radius 1 is 1.42 bits per heavy atom. The number of nitrogens with zero attached hydrogens (tertiary/aromatic N) is 2. The Kier molecular flexibility index (Phi) is 2.80. The molecule has 0 radical (unpaired) electrons. The first kappa shape index (κ1) is 14.8. The molecule has 3 saturated heterocycles. The Hall–Kier alpha value is -1.54. The SMILES string of the molecule is CC1C2N(c3c(F)cc(N4CC(CO)OC4=O)cc3F)C3CSC132. The van der Waals surface area contributed by atoms with Crippen molar-refractivity contribution in [3.8, 4) is 0 Å². The molecule has 1 spiro atoms. The van der Waals surface area contributed by atoms with Gasteiger partial charge < -0.3 is 14.7 Å². The van der Waals surface area contributed by atoms with Crippen LogP contribution in [0.3, 0.4) is 0 Å². The number of hydrogen-bond acceptors (Lipinski definition) is 5. The van der Waals surface area contributed by atoms with Crippen molar-refractivity contribution in [2.24, 2.45) is 5.92 Å². The molecule has 4 aliphatic rings. The highest BCUT2D eigenvalue weighted by Gasteiger charge is 2.84. The summed E-state index contributed by atoms with van der Waals surface area (Å²) in [5, 5.41) is 9.07. The Morgan fingerprint density at radius 3 is 2.58 bits per heavy atom. The number of rotatable bonds is 3. The van der Waals surface area contributed by atoms with Gasteiger partial charge in [0.15, 0.2) is 11.6 Å². The zero-order valence-electron chi connectivity index (χ0n) is 12.9. The molecular formula is C16H16F2N2O3S. The second-order valence-corrected chi connectivity index (χ2v) is 8.21. The number of carbonyl (C=O) groups excluding carboxylic acids is 1. The van der Waals surface area contributed by atoms with Crippen molar-refractivity contribution in [1.29, 1.82) is 0 Å². The molecule has 1 aromatic carbocycles. The van der Waals surface area contributed by atoms with Gasteiger partial charge in [-0.1, -0.05) is 6.92 Å². The summed E-state index contributed by atoms with van der Waals surface area (Å²) in [4.78, 5) is 14.8. The van der Waals surface area contributed by atoms with Gasteiger partial charge in [-0.2, -0.15) is 0 Å². The summed E-state index contributed by atoms with van der Waals surface area (Å²) in [6.45, 7) is 1.89. The van der Waals surface area contributed by atoms with E-state index in [4.69, 9.17) is 9.84 Å². The average Bonchev–Trinajstić information content (AvgIpc) is 2.93. The maximum atomic E-state index is 14.7. The van der Waals surface area contributed by atoms with Crippen LogP contribution in [-0.2, 0) is 4.74 Å². The number of thioether (sulfide) groups is 1. The van der Waals surface area contributed by atoms with Crippen LogP contribution in [-0.4, -0.2) is 53.0 Å². The van der Waals surface area contributed by atoms with Crippen LogP contribution in [0.1, 0.15) is 6.92 Å². The average molecular weight is 354 g/mol. The van der Waals surface area contributed by atoms with E-state index in [-0.39, 0.29) is 41.4 Å². The summed E-state index contributed by atoms with van der Waals surface area (Å²) in [6, 6.07) is 2.79. The molecule has 1 aliphatic carbocycles. The van der Waals surface area contributed by atoms with Gasteiger partial charge in [0, 0.05) is 17.9 Å². The zero-order valence-corrected chi connectivity index (χ0v) is 13.7. The smallest absolute Gasteiger partial charge is 0.414 e. The number of hydrogen-bond donors (Lipinski definition) is 1. The Labute approximate surface area is 141 Å². The van der Waals surface area contributed by atoms with Crippen LogP contribution < -0.4 is 9.80 Å². The lowest BCUT2D eigenvalue weighted by Crippen LogP contribution is -2.67. The van der Waals surface area contributed by atoms with E-state index in [1.807, 2.05) is 16.7 Å². The summed E-state index contributed by atoms with van der Waals surface area (Å²) in [6.07, 6.45) is -1.37. The van der Waals surface area contributed by atoms with Gasteiger partial charge in [-0.25, -0.2) is 13.6 Å². The third kappa shape index (κ3) is 1.56. The van der Waals surface area contributed by atoms with E-state index in [0.29, 0.717) is 5.92 Å². The van der Waals surface area contributed by atoms with Crippen LogP contribution in [0.4, 0.5) is 25.0 Å². The first-order chi connectivity index (χ1) is 11.5. The number of aliphatic hydroxyl groups is 1. The minimum atomic E-state index is -0.699.